The fraction of sp³-hybridized carbons (Fsp3) is 0.333. The van der Waals surface area contributed by atoms with Gasteiger partial charge in [0, 0.05) is 6.42 Å². The zero-order valence-corrected chi connectivity index (χ0v) is 15.2. The number of hydrogen-bond donors (Lipinski definition) is 0. The van der Waals surface area contributed by atoms with Gasteiger partial charge in [0.05, 0.1) is 27.4 Å². The Bertz CT molecular complexity index is 595. The molecule has 0 unspecified atom stereocenters. The minimum absolute atomic E-state index is 0.332. The molecule has 4 heteroatoms. The van der Waals surface area contributed by atoms with E-state index in [1.165, 1.54) is 0 Å². The molecule has 0 aromatic heterocycles. The van der Waals surface area contributed by atoms with Gasteiger partial charge in [0.25, 0.3) is 0 Å². The summed E-state index contributed by atoms with van der Waals surface area (Å²) in [4.78, 5) is 0. The SMILES string of the molecule is C=C(C)CC(OCc1ccc(OC)cc1)OCc1ccc(OC)cc1. The second-order valence-electron chi connectivity index (χ2n) is 5.91. The van der Waals surface area contributed by atoms with E-state index >= 15 is 0 Å². The first-order valence-corrected chi connectivity index (χ1v) is 8.24. The molecule has 0 aliphatic rings. The maximum absolute atomic E-state index is 5.93. The molecule has 134 valence electrons. The van der Waals surface area contributed by atoms with Crippen molar-refractivity contribution in [2.75, 3.05) is 14.2 Å². The summed E-state index contributed by atoms with van der Waals surface area (Å²) < 4.78 is 22.2. The van der Waals surface area contributed by atoms with E-state index in [9.17, 15) is 0 Å². The van der Waals surface area contributed by atoms with Gasteiger partial charge >= 0.3 is 0 Å². The Morgan fingerprint density at radius 1 is 0.800 bits per heavy atom. The topological polar surface area (TPSA) is 36.9 Å². The number of methoxy groups -OCH3 is 2. The van der Waals surface area contributed by atoms with E-state index in [0.717, 1.165) is 28.2 Å². The van der Waals surface area contributed by atoms with Gasteiger partial charge in [-0.15, -0.1) is 0 Å². The molecule has 25 heavy (non-hydrogen) atoms. The summed E-state index contributed by atoms with van der Waals surface area (Å²) in [5, 5.41) is 0. The smallest absolute Gasteiger partial charge is 0.162 e. The standard InChI is InChI=1S/C21H26O4/c1-16(2)13-21(24-14-17-5-9-19(22-3)10-6-17)25-15-18-7-11-20(23-4)12-8-18/h5-12,21H,1,13-15H2,2-4H3. The van der Waals surface area contributed by atoms with Gasteiger partial charge in [-0.2, -0.15) is 0 Å². The lowest BCUT2D eigenvalue weighted by molar-refractivity contribution is -0.155. The minimum Gasteiger partial charge on any atom is -0.497 e. The van der Waals surface area contributed by atoms with Gasteiger partial charge < -0.3 is 18.9 Å². The van der Waals surface area contributed by atoms with Crippen LogP contribution in [0.5, 0.6) is 11.5 Å². The predicted molar refractivity (Wildman–Crippen MR) is 98.8 cm³/mol. The Morgan fingerprint density at radius 2 is 1.20 bits per heavy atom. The highest BCUT2D eigenvalue weighted by atomic mass is 16.7. The second-order valence-corrected chi connectivity index (χ2v) is 5.91. The number of rotatable bonds is 10. The molecule has 0 atom stereocenters. The Morgan fingerprint density at radius 3 is 1.52 bits per heavy atom. The fourth-order valence-electron chi connectivity index (χ4n) is 2.27. The van der Waals surface area contributed by atoms with Crippen LogP contribution in [0.2, 0.25) is 0 Å². The zero-order valence-electron chi connectivity index (χ0n) is 15.2. The largest absolute Gasteiger partial charge is 0.497 e. The van der Waals surface area contributed by atoms with Gasteiger partial charge in [-0.1, -0.05) is 36.4 Å². The highest BCUT2D eigenvalue weighted by Gasteiger charge is 2.11. The molecule has 0 N–H and O–H groups in total. The number of benzene rings is 2. The second kappa shape index (κ2) is 9.87. The van der Waals surface area contributed by atoms with Crippen LogP contribution in [0.4, 0.5) is 0 Å². The highest BCUT2D eigenvalue weighted by Crippen LogP contribution is 2.17. The van der Waals surface area contributed by atoms with Crippen LogP contribution < -0.4 is 9.47 Å². The van der Waals surface area contributed by atoms with Crippen molar-refractivity contribution in [3.05, 3.63) is 71.8 Å². The minimum atomic E-state index is -0.332. The molecule has 2 rings (SSSR count). The van der Waals surface area contributed by atoms with E-state index in [4.69, 9.17) is 18.9 Å². The van der Waals surface area contributed by atoms with E-state index in [1.54, 1.807) is 14.2 Å². The van der Waals surface area contributed by atoms with Crippen LogP contribution in [0.3, 0.4) is 0 Å². The highest BCUT2D eigenvalue weighted by molar-refractivity contribution is 5.27. The van der Waals surface area contributed by atoms with Crippen LogP contribution in [0.15, 0.2) is 60.7 Å². The van der Waals surface area contributed by atoms with Crippen molar-refractivity contribution in [3.8, 4) is 11.5 Å². The van der Waals surface area contributed by atoms with Crippen molar-refractivity contribution >= 4 is 0 Å². The monoisotopic (exact) mass is 342 g/mol. The third-order valence-electron chi connectivity index (χ3n) is 3.71. The molecular formula is C21H26O4. The summed E-state index contributed by atoms with van der Waals surface area (Å²) in [7, 11) is 3.31. The summed E-state index contributed by atoms with van der Waals surface area (Å²) in [6.45, 7) is 6.88. The molecule has 0 heterocycles. The molecule has 0 fully saturated rings. The first-order chi connectivity index (χ1) is 12.1. The first kappa shape index (κ1) is 19.0. The Hall–Kier alpha value is -2.30. The van der Waals surface area contributed by atoms with E-state index in [1.807, 2.05) is 55.5 Å². The quantitative estimate of drug-likeness (QED) is 0.462. The Balaban J connectivity index is 1.89. The summed E-state index contributed by atoms with van der Waals surface area (Å²) in [5.74, 6) is 1.66. The maximum Gasteiger partial charge on any atom is 0.162 e. The summed E-state index contributed by atoms with van der Waals surface area (Å²) in [6.07, 6.45) is 0.327. The number of ether oxygens (including phenoxy) is 4. The Labute approximate surface area is 150 Å². The van der Waals surface area contributed by atoms with Crippen LogP contribution in [0, 0.1) is 0 Å². The predicted octanol–water partition coefficient (Wildman–Crippen LogP) is 4.73. The van der Waals surface area contributed by atoms with Crippen LogP contribution >= 0.6 is 0 Å². The van der Waals surface area contributed by atoms with Crippen molar-refractivity contribution in [1.82, 2.24) is 0 Å². The van der Waals surface area contributed by atoms with Crippen LogP contribution in [0.1, 0.15) is 24.5 Å². The zero-order chi connectivity index (χ0) is 18.1. The van der Waals surface area contributed by atoms with E-state index in [-0.39, 0.29) is 6.29 Å². The van der Waals surface area contributed by atoms with Crippen molar-refractivity contribution in [1.29, 1.82) is 0 Å². The average molecular weight is 342 g/mol. The fourth-order valence-corrected chi connectivity index (χ4v) is 2.27. The summed E-state index contributed by atoms with van der Waals surface area (Å²) >= 11 is 0. The summed E-state index contributed by atoms with van der Waals surface area (Å²) in [6, 6.07) is 15.6. The Kier molecular flexibility index (Phi) is 7.51. The number of hydrogen-bond acceptors (Lipinski definition) is 4. The molecule has 0 saturated heterocycles. The van der Waals surface area contributed by atoms with Crippen LogP contribution in [-0.4, -0.2) is 20.5 Å². The lowest BCUT2D eigenvalue weighted by Crippen LogP contribution is -2.17. The summed E-state index contributed by atoms with van der Waals surface area (Å²) in [5.41, 5.74) is 3.16. The van der Waals surface area contributed by atoms with E-state index in [2.05, 4.69) is 6.58 Å². The van der Waals surface area contributed by atoms with E-state index in [0.29, 0.717) is 19.6 Å². The molecular weight excluding hydrogens is 316 g/mol. The van der Waals surface area contributed by atoms with Crippen molar-refractivity contribution < 1.29 is 18.9 Å². The van der Waals surface area contributed by atoms with Gasteiger partial charge in [-0.05, 0) is 42.3 Å². The molecule has 0 saturated carbocycles. The van der Waals surface area contributed by atoms with Gasteiger partial charge in [0.15, 0.2) is 6.29 Å². The average Bonchev–Trinajstić information content (AvgIpc) is 2.64. The maximum atomic E-state index is 5.93. The molecule has 0 radical (unpaired) electrons. The molecule has 0 amide bonds. The van der Waals surface area contributed by atoms with Gasteiger partial charge in [-0.3, -0.25) is 0 Å². The van der Waals surface area contributed by atoms with Gasteiger partial charge in [0.1, 0.15) is 11.5 Å². The van der Waals surface area contributed by atoms with Crippen LogP contribution in [-0.2, 0) is 22.7 Å². The molecule has 0 spiro atoms. The molecule has 2 aromatic carbocycles. The van der Waals surface area contributed by atoms with Gasteiger partial charge in [0.2, 0.25) is 0 Å². The first-order valence-electron chi connectivity index (χ1n) is 8.24. The molecule has 0 aliphatic carbocycles. The molecule has 0 aliphatic heterocycles. The molecule has 0 bridgehead atoms. The lowest BCUT2D eigenvalue weighted by Gasteiger charge is -2.19. The van der Waals surface area contributed by atoms with E-state index < -0.39 is 0 Å². The normalized spacial score (nSPS) is 10.7. The van der Waals surface area contributed by atoms with Crippen molar-refractivity contribution in [3.63, 3.8) is 0 Å². The third kappa shape index (κ3) is 6.61. The van der Waals surface area contributed by atoms with Gasteiger partial charge in [-0.25, -0.2) is 0 Å². The van der Waals surface area contributed by atoms with Crippen molar-refractivity contribution in [2.45, 2.75) is 32.8 Å². The molecule has 2 aromatic rings. The van der Waals surface area contributed by atoms with Crippen molar-refractivity contribution in [2.24, 2.45) is 0 Å². The third-order valence-corrected chi connectivity index (χ3v) is 3.71. The lowest BCUT2D eigenvalue weighted by atomic mass is 10.2. The molecule has 4 nitrogen and oxygen atoms in total. The van der Waals surface area contributed by atoms with Crippen LogP contribution in [0.25, 0.3) is 0 Å².